The van der Waals surface area contributed by atoms with Gasteiger partial charge < -0.3 is 15.3 Å². The number of aliphatic hydroxyl groups excluding tert-OH is 3. The summed E-state index contributed by atoms with van der Waals surface area (Å²) < 4.78 is 0. The van der Waals surface area contributed by atoms with Crippen LogP contribution in [-0.2, 0) is 0 Å². The van der Waals surface area contributed by atoms with Gasteiger partial charge in [-0.2, -0.15) is 0 Å². The van der Waals surface area contributed by atoms with Crippen molar-refractivity contribution in [2.24, 2.45) is 0 Å². The number of aliphatic hydroxyl groups is 3. The highest BCUT2D eigenvalue weighted by molar-refractivity contribution is 4.51. The van der Waals surface area contributed by atoms with Gasteiger partial charge >= 0.3 is 0 Å². The van der Waals surface area contributed by atoms with Crippen molar-refractivity contribution in [3.05, 3.63) is 12.7 Å². The Bertz CT molecular complexity index is 77.4. The molecule has 0 aliphatic heterocycles. The molecule has 0 aromatic carbocycles. The lowest BCUT2D eigenvalue weighted by Crippen LogP contribution is -1.85. The minimum absolute atomic E-state index is 0.167. The Labute approximate surface area is 116 Å². The highest BCUT2D eigenvalue weighted by Gasteiger charge is 1.70. The van der Waals surface area contributed by atoms with Crippen LogP contribution in [0.1, 0.15) is 68.7 Å². The monoisotopic (exact) mass is 266 g/mol. The van der Waals surface area contributed by atoms with Gasteiger partial charge in [0.1, 0.15) is 0 Å². The first-order valence-corrected chi connectivity index (χ1v) is 6.64. The summed E-state index contributed by atoms with van der Waals surface area (Å²) in [7, 11) is 0. The highest BCUT2D eigenvalue weighted by Crippen LogP contribution is 1.65. The zero-order chi connectivity index (χ0) is 16.1. The molecular formula is C15H38O3. The van der Waals surface area contributed by atoms with Gasteiger partial charge in [0.25, 0.3) is 0 Å². The van der Waals surface area contributed by atoms with Crippen LogP contribution in [0, 0.1) is 0 Å². The topological polar surface area (TPSA) is 60.7 Å². The number of rotatable bonds is 0. The summed E-state index contributed by atoms with van der Waals surface area (Å²) in [5, 5.41) is 24.2. The number of hydrogen-bond donors (Lipinski definition) is 3. The van der Waals surface area contributed by atoms with Crippen LogP contribution in [0.3, 0.4) is 0 Å². The van der Waals surface area contributed by atoms with Gasteiger partial charge in [-0.3, -0.25) is 0 Å². The second-order valence-corrected chi connectivity index (χ2v) is 4.40. The minimum Gasteiger partial charge on any atom is -0.394 e. The van der Waals surface area contributed by atoms with E-state index < -0.39 is 0 Å². The van der Waals surface area contributed by atoms with Crippen LogP contribution >= 0.6 is 0 Å². The molecule has 0 aromatic heterocycles. The fraction of sp³-hybridized carbons (Fsp3) is 0.867. The van der Waals surface area contributed by atoms with Crippen molar-refractivity contribution in [2.75, 3.05) is 0 Å². The Morgan fingerprint density at radius 3 is 0.778 bits per heavy atom. The number of allylic oxidation sites excluding steroid dienone is 1. The van der Waals surface area contributed by atoms with Crippen LogP contribution in [0.4, 0.5) is 0 Å². The van der Waals surface area contributed by atoms with Gasteiger partial charge in [0.15, 0.2) is 0 Å². The van der Waals surface area contributed by atoms with Crippen molar-refractivity contribution in [3.8, 4) is 0 Å². The largest absolute Gasteiger partial charge is 0.394 e. The van der Waals surface area contributed by atoms with Crippen molar-refractivity contribution in [1.29, 1.82) is 0 Å². The molecule has 0 aliphatic rings. The molecule has 3 nitrogen and oxygen atoms in total. The smallest absolute Gasteiger partial charge is 0.0483 e. The van der Waals surface area contributed by atoms with Gasteiger partial charge in [-0.1, -0.05) is 26.3 Å². The summed E-state index contributed by atoms with van der Waals surface area (Å²) in [5.74, 6) is 0. The molecule has 0 fully saturated rings. The third kappa shape index (κ3) is 23100. The fourth-order valence-corrected chi connectivity index (χ4v) is 0. The van der Waals surface area contributed by atoms with E-state index in [-0.39, 0.29) is 18.3 Å². The van der Waals surface area contributed by atoms with Crippen LogP contribution in [0.2, 0.25) is 0 Å². The van der Waals surface area contributed by atoms with Crippen LogP contribution in [0.25, 0.3) is 0 Å². The van der Waals surface area contributed by atoms with E-state index in [1.807, 2.05) is 6.92 Å². The molecule has 0 saturated heterocycles. The van der Waals surface area contributed by atoms with Crippen LogP contribution < -0.4 is 0 Å². The van der Waals surface area contributed by atoms with Crippen molar-refractivity contribution >= 4 is 0 Å². The molecule has 0 saturated carbocycles. The quantitative estimate of drug-likeness (QED) is 0.585. The second kappa shape index (κ2) is 36.0. The van der Waals surface area contributed by atoms with E-state index in [0.717, 1.165) is 0 Å². The lowest BCUT2D eigenvalue weighted by atomic mass is 10.5. The lowest BCUT2D eigenvalue weighted by molar-refractivity contribution is 0.215. The first-order chi connectivity index (χ1) is 8.02. The van der Waals surface area contributed by atoms with Crippen molar-refractivity contribution in [3.63, 3.8) is 0 Å². The summed E-state index contributed by atoms with van der Waals surface area (Å²) in [6.07, 6.45) is 2.50. The molecule has 3 heteroatoms. The summed E-state index contributed by atoms with van der Waals surface area (Å²) >= 11 is 0. The van der Waals surface area contributed by atoms with Crippen LogP contribution in [-0.4, -0.2) is 33.6 Å². The van der Waals surface area contributed by atoms with E-state index in [4.69, 9.17) is 15.3 Å². The van der Waals surface area contributed by atoms with Gasteiger partial charge in [-0.25, -0.2) is 0 Å². The van der Waals surface area contributed by atoms with Crippen molar-refractivity contribution < 1.29 is 15.3 Å². The maximum absolute atomic E-state index is 8.06. The predicted octanol–water partition coefficient (Wildman–Crippen LogP) is 3.77. The van der Waals surface area contributed by atoms with Gasteiger partial charge in [0.2, 0.25) is 0 Å². The molecule has 0 rings (SSSR count). The molecule has 0 heterocycles. The molecule has 0 atom stereocenters. The summed E-state index contributed by atoms with van der Waals surface area (Å²) in [6.45, 7) is 19.8. The third-order valence-corrected chi connectivity index (χ3v) is 0. The zero-order valence-corrected chi connectivity index (χ0v) is 14.1. The average Bonchev–Trinajstić information content (AvgIpc) is 2.00. The Morgan fingerprint density at radius 1 is 0.778 bits per heavy atom. The first-order valence-electron chi connectivity index (χ1n) is 6.64. The van der Waals surface area contributed by atoms with Crippen molar-refractivity contribution in [1.82, 2.24) is 0 Å². The molecule has 0 radical (unpaired) electrons. The zero-order valence-electron chi connectivity index (χ0n) is 14.1. The summed E-state index contributed by atoms with van der Waals surface area (Å²) in [5.41, 5.74) is 0. The minimum atomic E-state index is -0.167. The molecular weight excluding hydrogens is 228 g/mol. The summed E-state index contributed by atoms with van der Waals surface area (Å²) in [6, 6.07) is 0. The van der Waals surface area contributed by atoms with Gasteiger partial charge in [0, 0.05) is 18.3 Å². The second-order valence-electron chi connectivity index (χ2n) is 4.40. The van der Waals surface area contributed by atoms with E-state index in [9.17, 15) is 0 Å². The molecule has 0 spiro atoms. The highest BCUT2D eigenvalue weighted by atomic mass is 16.3. The van der Waals surface area contributed by atoms with Crippen molar-refractivity contribution in [2.45, 2.75) is 87.0 Å². The fourth-order valence-electron chi connectivity index (χ4n) is 0. The molecule has 0 aromatic rings. The van der Waals surface area contributed by atoms with Gasteiger partial charge in [-0.05, 0) is 48.5 Å². The van der Waals surface area contributed by atoms with E-state index in [1.54, 1.807) is 47.6 Å². The van der Waals surface area contributed by atoms with E-state index in [2.05, 4.69) is 20.4 Å². The number of hydrogen-bond acceptors (Lipinski definition) is 3. The summed E-state index contributed by atoms with van der Waals surface area (Å²) in [4.78, 5) is 0. The average molecular weight is 266 g/mol. The molecule has 0 amide bonds. The first kappa shape index (κ1) is 30.6. The SMILES string of the molecule is C=CC.CC(C)O.CC(C)O.CC(C)O.CCC. The molecule has 3 N–H and O–H groups in total. The van der Waals surface area contributed by atoms with E-state index >= 15 is 0 Å². The Hall–Kier alpha value is -0.380. The Kier molecular flexibility index (Phi) is 61.0. The van der Waals surface area contributed by atoms with E-state index in [1.165, 1.54) is 6.42 Å². The molecule has 0 unspecified atom stereocenters. The Morgan fingerprint density at radius 2 is 0.778 bits per heavy atom. The van der Waals surface area contributed by atoms with Gasteiger partial charge in [-0.15, -0.1) is 6.58 Å². The lowest BCUT2D eigenvalue weighted by Gasteiger charge is -1.80. The molecule has 0 aliphatic carbocycles. The van der Waals surface area contributed by atoms with Crippen LogP contribution in [0.5, 0.6) is 0 Å². The van der Waals surface area contributed by atoms with E-state index in [0.29, 0.717) is 0 Å². The molecule has 18 heavy (non-hydrogen) atoms. The van der Waals surface area contributed by atoms with Crippen LogP contribution in [0.15, 0.2) is 12.7 Å². The molecule has 0 bridgehead atoms. The maximum atomic E-state index is 8.06. The predicted molar refractivity (Wildman–Crippen MR) is 83.9 cm³/mol. The molecule has 116 valence electrons. The maximum Gasteiger partial charge on any atom is 0.0483 e. The third-order valence-electron chi connectivity index (χ3n) is 0. The van der Waals surface area contributed by atoms with Gasteiger partial charge in [0.05, 0.1) is 0 Å². The normalized spacial score (nSPS) is 7.72. The Balaban J connectivity index is -0.0000000394. The standard InChI is InChI=1S/3C3H8O.C3H8.C3H6/c3*1-3(2)4;2*1-3-2/h3*3-4H,1-2H3;3H2,1-2H3;3H,1H2,2H3.